The van der Waals surface area contributed by atoms with Gasteiger partial charge in [0.25, 0.3) is 0 Å². The van der Waals surface area contributed by atoms with E-state index in [0.29, 0.717) is 5.69 Å². The molecule has 1 aromatic rings. The van der Waals surface area contributed by atoms with Crippen molar-refractivity contribution in [1.82, 2.24) is 4.90 Å². The van der Waals surface area contributed by atoms with Crippen molar-refractivity contribution in [2.24, 2.45) is 0 Å². The van der Waals surface area contributed by atoms with Crippen LogP contribution < -0.4 is 5.73 Å². The number of nitrogens with two attached hydrogens (primary N) is 1. The van der Waals surface area contributed by atoms with Crippen LogP contribution in [0.15, 0.2) is 18.2 Å². The van der Waals surface area contributed by atoms with Crippen LogP contribution in [-0.2, 0) is 6.54 Å². The maximum Gasteiger partial charge on any atom is 0.125 e. The van der Waals surface area contributed by atoms with Crippen LogP contribution in [-0.4, -0.2) is 18.0 Å². The molecule has 1 aromatic carbocycles. The summed E-state index contributed by atoms with van der Waals surface area (Å²) < 4.78 is 13.2. The Morgan fingerprint density at radius 1 is 1.12 bits per heavy atom. The second-order valence-electron chi connectivity index (χ2n) is 4.17. The van der Waals surface area contributed by atoms with Gasteiger partial charge in [0.05, 0.1) is 0 Å². The van der Waals surface area contributed by atoms with Crippen molar-refractivity contribution < 1.29 is 4.39 Å². The molecule has 0 heterocycles. The zero-order chi connectivity index (χ0) is 12.0. The van der Waals surface area contributed by atoms with Gasteiger partial charge in [0.15, 0.2) is 0 Å². The van der Waals surface area contributed by atoms with E-state index in [1.165, 1.54) is 6.07 Å². The smallest absolute Gasteiger partial charge is 0.125 e. The number of benzene rings is 1. The molecular formula is C13H21FN2. The van der Waals surface area contributed by atoms with Gasteiger partial charge in [0.2, 0.25) is 0 Å². The topological polar surface area (TPSA) is 29.3 Å². The Hall–Kier alpha value is -1.09. The lowest BCUT2D eigenvalue weighted by molar-refractivity contribution is 0.266. The van der Waals surface area contributed by atoms with Gasteiger partial charge in [-0.05, 0) is 49.7 Å². The Bertz CT molecular complexity index is 299. The molecule has 0 aromatic heterocycles. The largest absolute Gasteiger partial charge is 0.399 e. The summed E-state index contributed by atoms with van der Waals surface area (Å²) in [6, 6.07) is 4.77. The Labute approximate surface area is 97.3 Å². The molecule has 0 saturated carbocycles. The molecule has 0 fully saturated rings. The molecule has 2 nitrogen and oxygen atoms in total. The van der Waals surface area contributed by atoms with Gasteiger partial charge in [-0.15, -0.1) is 0 Å². The van der Waals surface area contributed by atoms with E-state index in [0.717, 1.165) is 38.0 Å². The lowest BCUT2D eigenvalue weighted by atomic mass is 10.1. The minimum absolute atomic E-state index is 0.247. The molecule has 16 heavy (non-hydrogen) atoms. The van der Waals surface area contributed by atoms with Crippen molar-refractivity contribution in [3.8, 4) is 0 Å². The van der Waals surface area contributed by atoms with Crippen LogP contribution in [0.25, 0.3) is 0 Å². The number of nitrogens with zero attached hydrogens (tertiary/aromatic N) is 1. The summed E-state index contributed by atoms with van der Waals surface area (Å²) in [5.74, 6) is -0.247. The van der Waals surface area contributed by atoms with Crippen LogP contribution in [0, 0.1) is 5.82 Å². The minimum Gasteiger partial charge on any atom is -0.399 e. The van der Waals surface area contributed by atoms with E-state index >= 15 is 0 Å². The van der Waals surface area contributed by atoms with Gasteiger partial charge in [-0.1, -0.05) is 13.8 Å². The van der Waals surface area contributed by atoms with Gasteiger partial charge in [0.1, 0.15) is 5.82 Å². The van der Waals surface area contributed by atoms with Crippen LogP contribution in [0.4, 0.5) is 10.1 Å². The van der Waals surface area contributed by atoms with Crippen molar-refractivity contribution in [3.63, 3.8) is 0 Å². The fourth-order valence-electron chi connectivity index (χ4n) is 1.93. The fourth-order valence-corrected chi connectivity index (χ4v) is 1.93. The van der Waals surface area contributed by atoms with E-state index in [9.17, 15) is 4.39 Å². The first-order chi connectivity index (χ1) is 7.65. The molecule has 3 heteroatoms. The summed E-state index contributed by atoms with van der Waals surface area (Å²) in [5, 5.41) is 0. The summed E-state index contributed by atoms with van der Waals surface area (Å²) in [7, 11) is 0. The van der Waals surface area contributed by atoms with E-state index in [-0.39, 0.29) is 5.82 Å². The average molecular weight is 224 g/mol. The number of anilines is 1. The number of hydrogen-bond donors (Lipinski definition) is 1. The number of halogens is 1. The average Bonchev–Trinajstić information content (AvgIpc) is 2.16. The third kappa shape index (κ3) is 4.19. The summed E-state index contributed by atoms with van der Waals surface area (Å²) >= 11 is 0. The highest BCUT2D eigenvalue weighted by Gasteiger charge is 2.05. The third-order valence-corrected chi connectivity index (χ3v) is 2.47. The van der Waals surface area contributed by atoms with E-state index < -0.39 is 0 Å². The number of hydrogen-bond acceptors (Lipinski definition) is 2. The first-order valence-corrected chi connectivity index (χ1v) is 5.93. The Morgan fingerprint density at radius 2 is 1.75 bits per heavy atom. The molecule has 0 saturated heterocycles. The van der Waals surface area contributed by atoms with Crippen LogP contribution >= 0.6 is 0 Å². The van der Waals surface area contributed by atoms with E-state index in [1.54, 1.807) is 6.07 Å². The first kappa shape index (κ1) is 13.0. The molecular weight excluding hydrogens is 203 g/mol. The lowest BCUT2D eigenvalue weighted by Gasteiger charge is -2.21. The summed E-state index contributed by atoms with van der Waals surface area (Å²) in [4.78, 5) is 2.33. The van der Waals surface area contributed by atoms with Crippen molar-refractivity contribution in [2.75, 3.05) is 18.8 Å². The van der Waals surface area contributed by atoms with Gasteiger partial charge in [-0.3, -0.25) is 4.90 Å². The molecule has 0 unspecified atom stereocenters. The van der Waals surface area contributed by atoms with E-state index in [1.807, 2.05) is 6.07 Å². The molecule has 0 aliphatic carbocycles. The quantitative estimate of drug-likeness (QED) is 0.753. The molecule has 0 spiro atoms. The van der Waals surface area contributed by atoms with Crippen molar-refractivity contribution >= 4 is 5.69 Å². The third-order valence-electron chi connectivity index (χ3n) is 2.47. The molecule has 90 valence electrons. The number of rotatable bonds is 6. The minimum atomic E-state index is -0.247. The zero-order valence-electron chi connectivity index (χ0n) is 10.2. The second kappa shape index (κ2) is 6.48. The van der Waals surface area contributed by atoms with Gasteiger partial charge in [-0.25, -0.2) is 4.39 Å². The molecule has 2 N–H and O–H groups in total. The highest BCUT2D eigenvalue weighted by atomic mass is 19.1. The van der Waals surface area contributed by atoms with Gasteiger partial charge in [-0.2, -0.15) is 0 Å². The van der Waals surface area contributed by atoms with E-state index in [4.69, 9.17) is 5.73 Å². The molecule has 0 aliphatic rings. The Balaban J connectivity index is 2.68. The SMILES string of the molecule is CCCN(CCC)Cc1cc(N)cc(F)c1. The summed E-state index contributed by atoms with van der Waals surface area (Å²) in [5.41, 5.74) is 7.09. The van der Waals surface area contributed by atoms with Crippen LogP contribution in [0.3, 0.4) is 0 Å². The normalized spacial score (nSPS) is 11.0. The molecule has 0 radical (unpaired) electrons. The molecule has 0 aliphatic heterocycles. The lowest BCUT2D eigenvalue weighted by Crippen LogP contribution is -2.25. The highest BCUT2D eigenvalue weighted by Crippen LogP contribution is 2.13. The van der Waals surface area contributed by atoms with E-state index in [2.05, 4.69) is 18.7 Å². The predicted octanol–water partition coefficient (Wildman–Crippen LogP) is 3.03. The number of nitrogen functional groups attached to an aromatic ring is 1. The first-order valence-electron chi connectivity index (χ1n) is 5.93. The predicted molar refractivity (Wildman–Crippen MR) is 66.7 cm³/mol. The Kier molecular flexibility index (Phi) is 5.26. The maximum absolute atomic E-state index is 13.2. The molecule has 1 rings (SSSR count). The van der Waals surface area contributed by atoms with Crippen molar-refractivity contribution in [1.29, 1.82) is 0 Å². The van der Waals surface area contributed by atoms with Gasteiger partial charge < -0.3 is 5.73 Å². The molecule has 0 bridgehead atoms. The highest BCUT2D eigenvalue weighted by molar-refractivity contribution is 5.41. The molecule has 0 atom stereocenters. The van der Waals surface area contributed by atoms with Crippen molar-refractivity contribution in [3.05, 3.63) is 29.6 Å². The van der Waals surface area contributed by atoms with Crippen molar-refractivity contribution in [2.45, 2.75) is 33.2 Å². The monoisotopic (exact) mass is 224 g/mol. The van der Waals surface area contributed by atoms with Gasteiger partial charge in [0, 0.05) is 12.2 Å². The van der Waals surface area contributed by atoms with Crippen LogP contribution in [0.1, 0.15) is 32.3 Å². The summed E-state index contributed by atoms with van der Waals surface area (Å²) in [6.07, 6.45) is 2.23. The summed E-state index contributed by atoms with van der Waals surface area (Å²) in [6.45, 7) is 7.18. The maximum atomic E-state index is 13.2. The fraction of sp³-hybridized carbons (Fsp3) is 0.538. The van der Waals surface area contributed by atoms with Gasteiger partial charge >= 0.3 is 0 Å². The standard InChI is InChI=1S/C13H21FN2/c1-3-5-16(6-4-2)10-11-7-12(14)9-13(15)8-11/h7-9H,3-6,10,15H2,1-2H3. The molecule has 0 amide bonds. The Morgan fingerprint density at radius 3 is 2.25 bits per heavy atom. The second-order valence-corrected chi connectivity index (χ2v) is 4.17. The van der Waals surface area contributed by atoms with Crippen LogP contribution in [0.2, 0.25) is 0 Å². The zero-order valence-corrected chi connectivity index (χ0v) is 10.2. The van der Waals surface area contributed by atoms with Crippen LogP contribution in [0.5, 0.6) is 0 Å².